The Morgan fingerprint density at radius 2 is 1.77 bits per heavy atom. The van der Waals surface area contributed by atoms with Gasteiger partial charge in [0.2, 0.25) is 0 Å². The lowest BCUT2D eigenvalue weighted by molar-refractivity contribution is -0.122. The monoisotopic (exact) mass is 430 g/mol. The third kappa shape index (κ3) is 5.89. The summed E-state index contributed by atoms with van der Waals surface area (Å²) < 4.78 is 11.0. The first-order valence-electron chi connectivity index (χ1n) is 10.2. The third-order valence-corrected chi connectivity index (χ3v) is 5.39. The zero-order valence-electron chi connectivity index (χ0n) is 17.2. The molecule has 2 amide bonds. The summed E-state index contributed by atoms with van der Waals surface area (Å²) in [7, 11) is 1.52. The predicted molar refractivity (Wildman–Crippen MR) is 118 cm³/mol. The number of hydrogen-bond acceptors (Lipinski definition) is 4. The van der Waals surface area contributed by atoms with Gasteiger partial charge in [-0.15, -0.1) is 0 Å². The summed E-state index contributed by atoms with van der Waals surface area (Å²) in [6, 6.07) is 12.0. The number of halogens is 1. The summed E-state index contributed by atoms with van der Waals surface area (Å²) in [4.78, 5) is 24.9. The van der Waals surface area contributed by atoms with Crippen molar-refractivity contribution in [3.63, 3.8) is 0 Å². The van der Waals surface area contributed by atoms with Gasteiger partial charge < -0.3 is 20.1 Å². The Kier molecular flexibility index (Phi) is 7.57. The molecule has 3 rings (SSSR count). The second kappa shape index (κ2) is 10.3. The minimum atomic E-state index is -0.754. The van der Waals surface area contributed by atoms with Gasteiger partial charge in [0.25, 0.3) is 11.8 Å². The molecule has 0 spiro atoms. The number of hydrogen-bond donors (Lipinski definition) is 2. The summed E-state index contributed by atoms with van der Waals surface area (Å²) in [6.45, 7) is 1.65. The van der Waals surface area contributed by atoms with Gasteiger partial charge in [-0.1, -0.05) is 30.9 Å². The van der Waals surface area contributed by atoms with Gasteiger partial charge in [-0.25, -0.2) is 0 Å². The van der Waals surface area contributed by atoms with Gasteiger partial charge in [-0.05, 0) is 62.2 Å². The second-order valence-electron chi connectivity index (χ2n) is 7.43. The van der Waals surface area contributed by atoms with Crippen molar-refractivity contribution in [2.45, 2.75) is 51.2 Å². The van der Waals surface area contributed by atoms with E-state index in [2.05, 4.69) is 10.6 Å². The molecule has 1 fully saturated rings. The van der Waals surface area contributed by atoms with Crippen LogP contribution in [-0.2, 0) is 4.79 Å². The number of amides is 2. The minimum Gasteiger partial charge on any atom is -0.495 e. The van der Waals surface area contributed by atoms with E-state index in [1.807, 2.05) is 0 Å². The maximum Gasteiger partial charge on any atom is 0.265 e. The van der Waals surface area contributed by atoms with Crippen LogP contribution in [0.25, 0.3) is 0 Å². The number of methoxy groups -OCH3 is 1. The lowest BCUT2D eigenvalue weighted by atomic mass is 9.95. The Bertz CT molecular complexity index is 879. The van der Waals surface area contributed by atoms with Gasteiger partial charge in [0.05, 0.1) is 12.8 Å². The topological polar surface area (TPSA) is 76.7 Å². The molecule has 7 heteroatoms. The highest BCUT2D eigenvalue weighted by atomic mass is 35.5. The number of anilines is 1. The standard InChI is InChI=1S/C23H27ClN2O4/c1-15(22(27)26-20-14-17(24)10-13-21(20)29-2)30-19-11-8-16(9-12-19)23(28)25-18-6-4-3-5-7-18/h8-15,18H,3-7H2,1-2H3,(H,25,28)(H,26,27)/t15-/m0/s1. The van der Waals surface area contributed by atoms with E-state index in [0.29, 0.717) is 27.8 Å². The van der Waals surface area contributed by atoms with Gasteiger partial charge in [0.15, 0.2) is 6.10 Å². The van der Waals surface area contributed by atoms with Crippen LogP contribution in [0, 0.1) is 0 Å². The zero-order valence-corrected chi connectivity index (χ0v) is 18.0. The Balaban J connectivity index is 1.56. The second-order valence-corrected chi connectivity index (χ2v) is 7.86. The molecule has 160 valence electrons. The smallest absolute Gasteiger partial charge is 0.265 e. The number of carbonyl (C=O) groups excluding carboxylic acids is 2. The molecule has 6 nitrogen and oxygen atoms in total. The molecule has 2 aromatic carbocycles. The van der Waals surface area contributed by atoms with Gasteiger partial charge in [0.1, 0.15) is 11.5 Å². The van der Waals surface area contributed by atoms with E-state index >= 15 is 0 Å². The Morgan fingerprint density at radius 3 is 2.43 bits per heavy atom. The quantitative estimate of drug-likeness (QED) is 0.660. The van der Waals surface area contributed by atoms with Crippen LogP contribution >= 0.6 is 11.6 Å². The van der Waals surface area contributed by atoms with Gasteiger partial charge in [-0.3, -0.25) is 9.59 Å². The molecule has 1 aliphatic carbocycles. The van der Waals surface area contributed by atoms with Crippen LogP contribution in [0.4, 0.5) is 5.69 Å². The van der Waals surface area contributed by atoms with Gasteiger partial charge in [-0.2, -0.15) is 0 Å². The Morgan fingerprint density at radius 1 is 1.07 bits per heavy atom. The molecule has 0 heterocycles. The van der Waals surface area contributed by atoms with Crippen molar-refractivity contribution in [1.29, 1.82) is 0 Å². The number of ether oxygens (including phenoxy) is 2. The van der Waals surface area contributed by atoms with Crippen molar-refractivity contribution < 1.29 is 19.1 Å². The number of nitrogens with one attached hydrogen (secondary N) is 2. The molecule has 1 aliphatic rings. The van der Waals surface area contributed by atoms with E-state index < -0.39 is 6.10 Å². The van der Waals surface area contributed by atoms with E-state index in [0.717, 1.165) is 12.8 Å². The molecule has 1 atom stereocenters. The Hall–Kier alpha value is -2.73. The van der Waals surface area contributed by atoms with E-state index in [-0.39, 0.29) is 17.9 Å². The minimum absolute atomic E-state index is 0.0766. The van der Waals surface area contributed by atoms with Crippen molar-refractivity contribution in [3.8, 4) is 11.5 Å². The molecule has 1 saturated carbocycles. The molecule has 0 saturated heterocycles. The average molecular weight is 431 g/mol. The summed E-state index contributed by atoms with van der Waals surface area (Å²) in [5.41, 5.74) is 1.05. The maximum absolute atomic E-state index is 12.5. The molecule has 0 aliphatic heterocycles. The highest BCUT2D eigenvalue weighted by molar-refractivity contribution is 6.31. The third-order valence-electron chi connectivity index (χ3n) is 5.16. The van der Waals surface area contributed by atoms with E-state index in [4.69, 9.17) is 21.1 Å². The van der Waals surface area contributed by atoms with Crippen LogP contribution < -0.4 is 20.1 Å². The fourth-order valence-corrected chi connectivity index (χ4v) is 3.64. The van der Waals surface area contributed by atoms with Gasteiger partial charge >= 0.3 is 0 Å². The number of benzene rings is 2. The lowest BCUT2D eigenvalue weighted by Gasteiger charge is -2.22. The maximum atomic E-state index is 12.5. The highest BCUT2D eigenvalue weighted by Gasteiger charge is 2.19. The van der Waals surface area contributed by atoms with Crippen LogP contribution in [0.5, 0.6) is 11.5 Å². The predicted octanol–water partition coefficient (Wildman–Crippen LogP) is 4.82. The lowest BCUT2D eigenvalue weighted by Crippen LogP contribution is -2.36. The number of carbonyl (C=O) groups is 2. The van der Waals surface area contributed by atoms with Crippen molar-refractivity contribution >= 4 is 29.1 Å². The summed E-state index contributed by atoms with van der Waals surface area (Å²) >= 11 is 6.00. The van der Waals surface area contributed by atoms with E-state index in [1.165, 1.54) is 26.4 Å². The largest absolute Gasteiger partial charge is 0.495 e. The molecule has 30 heavy (non-hydrogen) atoms. The van der Waals surface area contributed by atoms with Gasteiger partial charge in [0, 0.05) is 16.6 Å². The van der Waals surface area contributed by atoms with Crippen LogP contribution in [0.3, 0.4) is 0 Å². The van der Waals surface area contributed by atoms with Crippen LogP contribution in [0.2, 0.25) is 5.02 Å². The summed E-state index contributed by atoms with van der Waals surface area (Å²) in [6.07, 6.45) is 4.90. The fraction of sp³-hybridized carbons (Fsp3) is 0.391. The van der Waals surface area contributed by atoms with Crippen LogP contribution in [0.1, 0.15) is 49.4 Å². The summed E-state index contributed by atoms with van der Waals surface area (Å²) in [5, 5.41) is 6.34. The van der Waals surface area contributed by atoms with Crippen LogP contribution in [-0.4, -0.2) is 31.1 Å². The first kappa shape index (κ1) is 22.0. The fourth-order valence-electron chi connectivity index (χ4n) is 3.47. The molecule has 2 aromatic rings. The van der Waals surface area contributed by atoms with E-state index in [1.54, 1.807) is 49.4 Å². The van der Waals surface area contributed by atoms with Crippen molar-refractivity contribution in [2.24, 2.45) is 0 Å². The van der Waals surface area contributed by atoms with Crippen molar-refractivity contribution in [3.05, 3.63) is 53.1 Å². The number of rotatable bonds is 7. The molecular weight excluding hydrogens is 404 g/mol. The van der Waals surface area contributed by atoms with Crippen molar-refractivity contribution in [2.75, 3.05) is 12.4 Å². The first-order valence-corrected chi connectivity index (χ1v) is 10.6. The molecule has 0 radical (unpaired) electrons. The normalized spacial score (nSPS) is 15.2. The molecule has 2 N–H and O–H groups in total. The Labute approximate surface area is 181 Å². The highest BCUT2D eigenvalue weighted by Crippen LogP contribution is 2.28. The molecule has 0 unspecified atom stereocenters. The molecule has 0 aromatic heterocycles. The van der Waals surface area contributed by atoms with Crippen molar-refractivity contribution in [1.82, 2.24) is 5.32 Å². The zero-order chi connectivity index (χ0) is 21.5. The van der Waals surface area contributed by atoms with Crippen LogP contribution in [0.15, 0.2) is 42.5 Å². The molecular formula is C23H27ClN2O4. The first-order chi connectivity index (χ1) is 14.5. The average Bonchev–Trinajstić information content (AvgIpc) is 2.75. The molecule has 0 bridgehead atoms. The summed E-state index contributed by atoms with van der Waals surface area (Å²) in [5.74, 6) is 0.597. The SMILES string of the molecule is COc1ccc(Cl)cc1NC(=O)[C@H](C)Oc1ccc(C(=O)NC2CCCCC2)cc1. The van der Waals surface area contributed by atoms with E-state index in [9.17, 15) is 9.59 Å².